The van der Waals surface area contributed by atoms with E-state index >= 15 is 0 Å². The number of piperazine rings is 1. The van der Waals surface area contributed by atoms with Gasteiger partial charge in [-0.2, -0.15) is 4.31 Å². The number of piperidine rings is 1. The highest BCUT2D eigenvalue weighted by atomic mass is 32.2. The molecule has 0 aromatic heterocycles. The average Bonchev–Trinajstić information content (AvgIpc) is 2.80. The van der Waals surface area contributed by atoms with Crippen LogP contribution >= 0.6 is 0 Å². The van der Waals surface area contributed by atoms with Crippen molar-refractivity contribution in [2.45, 2.75) is 24.2 Å². The Morgan fingerprint density at radius 3 is 2.06 bits per heavy atom. The van der Waals surface area contributed by atoms with Crippen LogP contribution < -0.4 is 4.90 Å². The van der Waals surface area contributed by atoms with E-state index in [1.165, 1.54) is 16.4 Å². The van der Waals surface area contributed by atoms with Gasteiger partial charge in [0.15, 0.2) is 0 Å². The van der Waals surface area contributed by atoms with Gasteiger partial charge < -0.3 is 0 Å². The van der Waals surface area contributed by atoms with Crippen LogP contribution in [-0.4, -0.2) is 62.2 Å². The number of nitrogens with zero attached hydrogens (tertiary/aromatic N) is 3. The van der Waals surface area contributed by atoms with Crippen molar-refractivity contribution in [1.29, 1.82) is 0 Å². The van der Waals surface area contributed by atoms with Crippen molar-refractivity contribution < 1.29 is 18.0 Å². The molecule has 0 atom stereocenters. The lowest BCUT2D eigenvalue weighted by Gasteiger charge is -2.33. The lowest BCUT2D eigenvalue weighted by Crippen LogP contribution is -2.48. The zero-order valence-electron chi connectivity index (χ0n) is 17.9. The third kappa shape index (κ3) is 4.98. The van der Waals surface area contributed by atoms with Crippen LogP contribution in [0, 0.1) is 0 Å². The quantitative estimate of drug-likeness (QED) is 0.629. The summed E-state index contributed by atoms with van der Waals surface area (Å²) in [5.41, 5.74) is 1.57. The lowest BCUT2D eigenvalue weighted by molar-refractivity contribution is -0.129. The van der Waals surface area contributed by atoms with E-state index < -0.39 is 10.0 Å². The predicted molar refractivity (Wildman–Crippen MR) is 123 cm³/mol. The minimum absolute atomic E-state index is 0.176. The largest absolute Gasteiger partial charge is 0.297 e. The number of carbonyl (C=O) groups is 2. The minimum atomic E-state index is -3.62. The van der Waals surface area contributed by atoms with Gasteiger partial charge in [0.05, 0.1) is 10.6 Å². The van der Waals surface area contributed by atoms with Crippen LogP contribution in [0.25, 0.3) is 6.08 Å². The summed E-state index contributed by atoms with van der Waals surface area (Å²) in [7, 11) is -3.62. The van der Waals surface area contributed by atoms with Crippen LogP contribution in [0.1, 0.15) is 24.8 Å². The smallest absolute Gasteiger partial charge is 0.243 e. The number of amides is 2. The summed E-state index contributed by atoms with van der Waals surface area (Å²) < 4.78 is 27.6. The molecule has 0 saturated carbocycles. The maximum Gasteiger partial charge on any atom is 0.243 e. The van der Waals surface area contributed by atoms with E-state index in [2.05, 4.69) is 17.1 Å². The molecule has 2 aliphatic rings. The van der Waals surface area contributed by atoms with Crippen LogP contribution in [0.3, 0.4) is 0 Å². The Kier molecular flexibility index (Phi) is 6.83. The number of anilines is 1. The van der Waals surface area contributed by atoms with Crippen molar-refractivity contribution in [3.63, 3.8) is 0 Å². The van der Waals surface area contributed by atoms with Crippen molar-refractivity contribution >= 4 is 33.6 Å². The van der Waals surface area contributed by atoms with Gasteiger partial charge in [0.1, 0.15) is 0 Å². The lowest BCUT2D eigenvalue weighted by atomic mass is 10.1. The normalized spacial score (nSPS) is 19.1. The maximum atomic E-state index is 13.1. The van der Waals surface area contributed by atoms with Gasteiger partial charge in [-0.15, -0.1) is 0 Å². The molecule has 2 amide bonds. The van der Waals surface area contributed by atoms with E-state index in [4.69, 9.17) is 0 Å². The summed E-state index contributed by atoms with van der Waals surface area (Å²) >= 11 is 0. The molecule has 0 radical (unpaired) electrons. The molecule has 8 heteroatoms. The van der Waals surface area contributed by atoms with Crippen molar-refractivity contribution in [2.24, 2.45) is 0 Å². The molecule has 0 aliphatic carbocycles. The second kappa shape index (κ2) is 9.77. The number of hydrogen-bond acceptors (Lipinski definition) is 5. The first-order chi connectivity index (χ1) is 15.4. The van der Waals surface area contributed by atoms with Crippen molar-refractivity contribution in [3.05, 3.63) is 66.2 Å². The summed E-state index contributed by atoms with van der Waals surface area (Å²) in [6.07, 6.45) is 5.39. The average molecular weight is 454 g/mol. The number of imide groups is 1. The number of carbonyl (C=O) groups excluding carboxylic acids is 2. The van der Waals surface area contributed by atoms with E-state index in [-0.39, 0.29) is 16.7 Å². The van der Waals surface area contributed by atoms with Gasteiger partial charge in [-0.3, -0.25) is 19.4 Å². The molecule has 168 valence electrons. The number of hydrogen-bond donors (Lipinski definition) is 0. The highest BCUT2D eigenvalue weighted by Crippen LogP contribution is 2.25. The zero-order valence-corrected chi connectivity index (χ0v) is 18.7. The van der Waals surface area contributed by atoms with Crippen molar-refractivity contribution in [1.82, 2.24) is 9.21 Å². The van der Waals surface area contributed by atoms with Gasteiger partial charge in [0.2, 0.25) is 21.8 Å². The van der Waals surface area contributed by atoms with E-state index in [0.717, 1.165) is 17.0 Å². The fraction of sp³-hybridized carbons (Fsp3) is 0.333. The molecule has 4 rings (SSSR count). The summed E-state index contributed by atoms with van der Waals surface area (Å²) in [5.74, 6) is -0.483. The molecule has 7 nitrogen and oxygen atoms in total. The topological polar surface area (TPSA) is 78.0 Å². The van der Waals surface area contributed by atoms with Crippen LogP contribution in [-0.2, 0) is 19.6 Å². The summed E-state index contributed by atoms with van der Waals surface area (Å²) in [6, 6.07) is 16.1. The van der Waals surface area contributed by atoms with Gasteiger partial charge >= 0.3 is 0 Å². The van der Waals surface area contributed by atoms with Crippen molar-refractivity contribution in [2.75, 3.05) is 37.6 Å². The van der Waals surface area contributed by atoms with Crippen LogP contribution in [0.2, 0.25) is 0 Å². The zero-order chi connectivity index (χ0) is 22.6. The Morgan fingerprint density at radius 1 is 0.812 bits per heavy atom. The first-order valence-electron chi connectivity index (χ1n) is 10.8. The minimum Gasteiger partial charge on any atom is -0.297 e. The second-order valence-corrected chi connectivity index (χ2v) is 9.93. The highest BCUT2D eigenvalue weighted by molar-refractivity contribution is 7.89. The second-order valence-electron chi connectivity index (χ2n) is 7.99. The van der Waals surface area contributed by atoms with Crippen molar-refractivity contribution in [3.8, 4) is 0 Å². The monoisotopic (exact) mass is 453 g/mol. The molecule has 2 fully saturated rings. The molecule has 2 saturated heterocycles. The summed E-state index contributed by atoms with van der Waals surface area (Å²) in [6.45, 7) is 2.94. The molecule has 0 N–H and O–H groups in total. The highest BCUT2D eigenvalue weighted by Gasteiger charge is 2.30. The molecule has 0 spiro atoms. The van der Waals surface area contributed by atoms with Gasteiger partial charge in [-0.05, 0) is 36.2 Å². The standard InChI is InChI=1S/C24H27N3O4S/c28-23-9-4-10-24(29)27(23)21-11-13-22(14-12-21)32(30,31)26-18-16-25(17-19-26)15-5-8-20-6-2-1-3-7-20/h1-3,5-8,11-14H,4,9-10,15-19H2/b8-5+. The molecule has 32 heavy (non-hydrogen) atoms. The first kappa shape index (κ1) is 22.4. The number of rotatable bonds is 6. The Morgan fingerprint density at radius 2 is 1.44 bits per heavy atom. The molecule has 0 unspecified atom stereocenters. The molecule has 2 heterocycles. The maximum absolute atomic E-state index is 13.1. The molecular formula is C24H27N3O4S. The first-order valence-corrected chi connectivity index (χ1v) is 12.3. The molecule has 2 aromatic rings. The van der Waals surface area contributed by atoms with Crippen LogP contribution in [0.5, 0.6) is 0 Å². The fourth-order valence-electron chi connectivity index (χ4n) is 4.01. The Balaban J connectivity index is 1.35. The van der Waals surface area contributed by atoms with Crippen LogP contribution in [0.4, 0.5) is 5.69 Å². The Labute approximate surface area is 189 Å². The molecular weight excluding hydrogens is 426 g/mol. The van der Waals surface area contributed by atoms with Gasteiger partial charge in [0, 0.05) is 45.6 Å². The van der Waals surface area contributed by atoms with E-state index in [1.54, 1.807) is 12.1 Å². The van der Waals surface area contributed by atoms with Gasteiger partial charge in [-0.25, -0.2) is 8.42 Å². The van der Waals surface area contributed by atoms with Crippen LogP contribution in [0.15, 0.2) is 65.6 Å². The van der Waals surface area contributed by atoms with E-state index in [9.17, 15) is 18.0 Å². The summed E-state index contributed by atoms with van der Waals surface area (Å²) in [5, 5.41) is 0. The number of sulfonamides is 1. The summed E-state index contributed by atoms with van der Waals surface area (Å²) in [4.78, 5) is 27.7. The SMILES string of the molecule is O=C1CCCC(=O)N1c1ccc(S(=O)(=O)N2CCN(C/C=C/c3ccccc3)CC2)cc1. The van der Waals surface area contributed by atoms with Gasteiger partial charge in [-0.1, -0.05) is 42.5 Å². The molecule has 0 bridgehead atoms. The van der Waals surface area contributed by atoms with E-state index in [1.807, 2.05) is 30.3 Å². The Bertz CT molecular complexity index is 1070. The van der Waals surface area contributed by atoms with Gasteiger partial charge in [0.25, 0.3) is 0 Å². The predicted octanol–water partition coefficient (Wildman–Crippen LogP) is 2.75. The third-order valence-corrected chi connectivity index (χ3v) is 7.73. The fourth-order valence-corrected chi connectivity index (χ4v) is 5.43. The van der Waals surface area contributed by atoms with E-state index in [0.29, 0.717) is 51.1 Å². The molecule has 2 aliphatic heterocycles. The Hall–Kier alpha value is -2.81. The molecule has 2 aromatic carbocycles. The number of benzene rings is 2. The third-order valence-electron chi connectivity index (χ3n) is 5.82.